The molecule has 1 unspecified atom stereocenters. The number of rotatable bonds is 4. The largest absolute Gasteiger partial charge is 0.340 e. The predicted octanol–water partition coefficient (Wildman–Crippen LogP) is 1.74. The van der Waals surface area contributed by atoms with Gasteiger partial charge in [0.25, 0.3) is 0 Å². The molecular formula is C19H30ClN3O3S. The van der Waals surface area contributed by atoms with Gasteiger partial charge in [-0.2, -0.15) is 0 Å². The van der Waals surface area contributed by atoms with Crippen LogP contribution in [0.4, 0.5) is 0 Å². The van der Waals surface area contributed by atoms with Crippen molar-refractivity contribution in [1.29, 1.82) is 0 Å². The van der Waals surface area contributed by atoms with Crippen molar-refractivity contribution in [1.82, 2.24) is 9.21 Å². The Labute approximate surface area is 168 Å². The molecule has 27 heavy (non-hydrogen) atoms. The van der Waals surface area contributed by atoms with Crippen LogP contribution in [0.1, 0.15) is 38.2 Å². The number of nitrogens with two attached hydrogens (primary N) is 1. The molecule has 2 aliphatic heterocycles. The van der Waals surface area contributed by atoms with Crippen LogP contribution in [0.3, 0.4) is 0 Å². The fraction of sp³-hybridized carbons (Fsp3) is 0.632. The molecule has 1 amide bonds. The number of likely N-dealkylation sites (tertiary alicyclic amines) is 1. The summed E-state index contributed by atoms with van der Waals surface area (Å²) in [4.78, 5) is 15.4. The van der Waals surface area contributed by atoms with Gasteiger partial charge in [-0.05, 0) is 38.2 Å². The van der Waals surface area contributed by atoms with Gasteiger partial charge < -0.3 is 10.6 Å². The first-order chi connectivity index (χ1) is 12.4. The van der Waals surface area contributed by atoms with Crippen LogP contribution >= 0.6 is 12.4 Å². The highest BCUT2D eigenvalue weighted by atomic mass is 35.5. The number of benzene rings is 1. The second-order valence-electron chi connectivity index (χ2n) is 7.40. The van der Waals surface area contributed by atoms with Gasteiger partial charge in [0.1, 0.15) is 0 Å². The average molecular weight is 416 g/mol. The second kappa shape index (κ2) is 8.90. The number of carbonyl (C=O) groups is 1. The van der Waals surface area contributed by atoms with Crippen LogP contribution in [-0.4, -0.2) is 61.5 Å². The van der Waals surface area contributed by atoms with Gasteiger partial charge >= 0.3 is 0 Å². The molecule has 1 aromatic carbocycles. The maximum absolute atomic E-state index is 13.5. The van der Waals surface area contributed by atoms with Crippen molar-refractivity contribution in [3.8, 4) is 0 Å². The van der Waals surface area contributed by atoms with Crippen LogP contribution < -0.4 is 5.73 Å². The molecule has 6 nitrogen and oxygen atoms in total. The van der Waals surface area contributed by atoms with E-state index in [1.807, 2.05) is 35.2 Å². The van der Waals surface area contributed by atoms with E-state index in [4.69, 9.17) is 5.73 Å². The summed E-state index contributed by atoms with van der Waals surface area (Å²) in [5.41, 5.74) is 6.42. The Morgan fingerprint density at radius 1 is 1.19 bits per heavy atom. The van der Waals surface area contributed by atoms with E-state index in [1.54, 1.807) is 6.92 Å². The first kappa shape index (κ1) is 22.1. The quantitative estimate of drug-likeness (QED) is 0.811. The summed E-state index contributed by atoms with van der Waals surface area (Å²) in [5, 5.41) is 0. The Hall–Kier alpha value is -1.15. The molecule has 3 rings (SSSR count). The maximum Gasteiger partial charge on any atom is 0.233 e. The first-order valence-electron chi connectivity index (χ1n) is 9.47. The molecule has 2 fully saturated rings. The van der Waals surface area contributed by atoms with E-state index in [9.17, 15) is 13.2 Å². The molecule has 0 spiro atoms. The van der Waals surface area contributed by atoms with Crippen molar-refractivity contribution in [3.63, 3.8) is 0 Å². The molecular weight excluding hydrogens is 386 g/mol. The Morgan fingerprint density at radius 3 is 2.37 bits per heavy atom. The zero-order valence-corrected chi connectivity index (χ0v) is 17.5. The van der Waals surface area contributed by atoms with Crippen LogP contribution in [0.15, 0.2) is 30.3 Å². The molecule has 0 aliphatic carbocycles. The Balaban J connectivity index is 0.00000261. The van der Waals surface area contributed by atoms with Gasteiger partial charge in [0.2, 0.25) is 15.9 Å². The number of sulfonamides is 1. The number of amides is 1. The lowest BCUT2D eigenvalue weighted by molar-refractivity contribution is -0.140. The van der Waals surface area contributed by atoms with Crippen molar-refractivity contribution in [2.24, 2.45) is 5.73 Å². The lowest BCUT2D eigenvalue weighted by Crippen LogP contribution is -2.57. The number of hydrogen-bond donors (Lipinski definition) is 1. The standard InChI is InChI=1S/C19H29N3O3S.ClH/c1-2-26(24,25)22-13-10-19(11-14-22,16-7-4-3-5-8-16)18(23)21-12-6-9-17(20)15-21;/h3-5,7-8,17H,2,6,9-15,20H2,1H3;1H. The molecule has 1 atom stereocenters. The fourth-order valence-corrected chi connectivity index (χ4v) is 5.31. The van der Waals surface area contributed by atoms with Crippen molar-refractivity contribution in [3.05, 3.63) is 35.9 Å². The average Bonchev–Trinajstić information content (AvgIpc) is 2.68. The number of hydrogen-bond acceptors (Lipinski definition) is 4. The van der Waals surface area contributed by atoms with Gasteiger partial charge in [0, 0.05) is 32.2 Å². The van der Waals surface area contributed by atoms with Gasteiger partial charge in [-0.1, -0.05) is 30.3 Å². The minimum atomic E-state index is -3.22. The number of carbonyl (C=O) groups excluding carboxylic acids is 1. The number of piperidine rings is 2. The highest BCUT2D eigenvalue weighted by molar-refractivity contribution is 7.89. The Bertz CT molecular complexity index is 734. The van der Waals surface area contributed by atoms with Crippen molar-refractivity contribution in [2.45, 2.75) is 44.1 Å². The molecule has 2 saturated heterocycles. The smallest absolute Gasteiger partial charge is 0.233 e. The SMILES string of the molecule is CCS(=O)(=O)N1CCC(C(=O)N2CCCC(N)C2)(c2ccccc2)CC1.Cl. The normalized spacial score (nSPS) is 23.5. The summed E-state index contributed by atoms with van der Waals surface area (Å²) in [5.74, 6) is 0.202. The lowest BCUT2D eigenvalue weighted by atomic mass is 9.71. The van der Waals surface area contributed by atoms with E-state index in [0.29, 0.717) is 32.5 Å². The van der Waals surface area contributed by atoms with Crippen LogP contribution in [-0.2, 0) is 20.2 Å². The van der Waals surface area contributed by atoms with Crippen LogP contribution in [0.2, 0.25) is 0 Å². The van der Waals surface area contributed by atoms with Gasteiger partial charge in [-0.15, -0.1) is 12.4 Å². The summed E-state index contributed by atoms with van der Waals surface area (Å²) < 4.78 is 26.0. The lowest BCUT2D eigenvalue weighted by Gasteiger charge is -2.44. The Morgan fingerprint density at radius 2 is 1.81 bits per heavy atom. The van der Waals surface area contributed by atoms with E-state index in [2.05, 4.69) is 0 Å². The zero-order valence-electron chi connectivity index (χ0n) is 15.8. The molecule has 0 bridgehead atoms. The van der Waals surface area contributed by atoms with Crippen LogP contribution in [0.5, 0.6) is 0 Å². The van der Waals surface area contributed by atoms with E-state index < -0.39 is 15.4 Å². The third-order valence-electron chi connectivity index (χ3n) is 5.81. The third-order valence-corrected chi connectivity index (χ3v) is 7.70. The Kier molecular flexibility index (Phi) is 7.30. The molecule has 2 heterocycles. The number of nitrogens with zero attached hydrogens (tertiary/aromatic N) is 2. The van der Waals surface area contributed by atoms with E-state index >= 15 is 0 Å². The van der Waals surface area contributed by atoms with Crippen LogP contribution in [0.25, 0.3) is 0 Å². The maximum atomic E-state index is 13.5. The summed E-state index contributed by atoms with van der Waals surface area (Å²) in [6, 6.07) is 9.84. The van der Waals surface area contributed by atoms with E-state index in [-0.39, 0.29) is 30.1 Å². The topological polar surface area (TPSA) is 83.7 Å². The van der Waals surface area contributed by atoms with Gasteiger partial charge in [0.15, 0.2) is 0 Å². The van der Waals surface area contributed by atoms with Crippen molar-refractivity contribution < 1.29 is 13.2 Å². The van der Waals surface area contributed by atoms with E-state index in [0.717, 1.165) is 24.9 Å². The zero-order chi connectivity index (χ0) is 18.8. The summed E-state index contributed by atoms with van der Waals surface area (Å²) in [6.07, 6.45) is 2.90. The molecule has 1 aromatic rings. The molecule has 2 aliphatic rings. The summed E-state index contributed by atoms with van der Waals surface area (Å²) >= 11 is 0. The van der Waals surface area contributed by atoms with Crippen molar-refractivity contribution in [2.75, 3.05) is 31.9 Å². The highest BCUT2D eigenvalue weighted by Crippen LogP contribution is 2.38. The molecule has 152 valence electrons. The molecule has 0 aromatic heterocycles. The van der Waals surface area contributed by atoms with E-state index in [1.165, 1.54) is 4.31 Å². The molecule has 0 radical (unpaired) electrons. The molecule has 2 N–H and O–H groups in total. The molecule has 8 heteroatoms. The molecule has 0 saturated carbocycles. The predicted molar refractivity (Wildman–Crippen MR) is 109 cm³/mol. The minimum Gasteiger partial charge on any atom is -0.340 e. The second-order valence-corrected chi connectivity index (χ2v) is 9.66. The number of halogens is 1. The summed E-state index contributed by atoms with van der Waals surface area (Å²) in [6.45, 7) is 3.75. The fourth-order valence-electron chi connectivity index (χ4n) is 4.21. The van der Waals surface area contributed by atoms with Gasteiger partial charge in [-0.3, -0.25) is 4.79 Å². The first-order valence-corrected chi connectivity index (χ1v) is 11.1. The monoisotopic (exact) mass is 415 g/mol. The minimum absolute atomic E-state index is 0. The highest BCUT2D eigenvalue weighted by Gasteiger charge is 2.46. The summed E-state index contributed by atoms with van der Waals surface area (Å²) in [7, 11) is -3.22. The van der Waals surface area contributed by atoms with Crippen molar-refractivity contribution >= 4 is 28.3 Å². The van der Waals surface area contributed by atoms with Gasteiger partial charge in [0.05, 0.1) is 11.2 Å². The van der Waals surface area contributed by atoms with Gasteiger partial charge in [-0.25, -0.2) is 12.7 Å². The third kappa shape index (κ3) is 4.47. The van der Waals surface area contributed by atoms with Crippen LogP contribution in [0, 0.1) is 0 Å².